The number of anilines is 2. The molecular formula is C21H26BNO2. The minimum absolute atomic E-state index is 0.147. The minimum atomic E-state index is -0.480. The summed E-state index contributed by atoms with van der Waals surface area (Å²) in [5.74, 6) is 0.654. The molecule has 1 fully saturated rings. The normalized spacial score (nSPS) is 16.7. The highest BCUT2D eigenvalue weighted by molar-refractivity contribution is 6.64. The molecule has 0 spiro atoms. The first kappa shape index (κ1) is 17.6. The summed E-state index contributed by atoms with van der Waals surface area (Å²) in [5.41, 5.74) is 3.96. The van der Waals surface area contributed by atoms with Crippen LogP contribution < -0.4 is 10.8 Å². The summed E-state index contributed by atoms with van der Waals surface area (Å²) >= 11 is 0. The molecule has 0 atom stereocenters. The van der Waals surface area contributed by atoms with Crippen molar-refractivity contribution in [2.75, 3.05) is 5.32 Å². The first-order chi connectivity index (χ1) is 11.7. The lowest BCUT2D eigenvalue weighted by molar-refractivity contribution is 0.173. The molecule has 4 heteroatoms. The molecule has 0 bridgehead atoms. The highest BCUT2D eigenvalue weighted by atomic mass is 16.7. The summed E-state index contributed by atoms with van der Waals surface area (Å²) < 4.78 is 11.9. The lowest BCUT2D eigenvalue weighted by Crippen LogP contribution is -2.35. The van der Waals surface area contributed by atoms with Gasteiger partial charge >= 0.3 is 7.12 Å². The Balaban J connectivity index is 1.84. The van der Waals surface area contributed by atoms with Gasteiger partial charge in [0, 0.05) is 16.8 Å². The van der Waals surface area contributed by atoms with Crippen molar-refractivity contribution in [1.29, 1.82) is 0 Å². The first-order valence-corrected chi connectivity index (χ1v) is 8.67. The van der Waals surface area contributed by atoms with Crippen molar-refractivity contribution >= 4 is 24.0 Å². The van der Waals surface area contributed by atoms with Gasteiger partial charge in [0.2, 0.25) is 0 Å². The first-order valence-electron chi connectivity index (χ1n) is 8.67. The van der Waals surface area contributed by atoms with Crippen LogP contribution >= 0.6 is 0 Å². The third-order valence-corrected chi connectivity index (χ3v) is 4.57. The zero-order valence-corrected chi connectivity index (χ0v) is 15.7. The van der Waals surface area contributed by atoms with E-state index in [1.165, 1.54) is 5.56 Å². The Hall–Kier alpha value is -2.20. The van der Waals surface area contributed by atoms with Crippen LogP contribution in [0.1, 0.15) is 40.2 Å². The second-order valence-corrected chi connectivity index (χ2v) is 8.04. The van der Waals surface area contributed by atoms with E-state index in [1.807, 2.05) is 38.1 Å². The zero-order valence-electron chi connectivity index (χ0n) is 15.7. The van der Waals surface area contributed by atoms with Crippen LogP contribution in [0.5, 0.6) is 0 Å². The van der Waals surface area contributed by atoms with Gasteiger partial charge in [-0.2, -0.15) is 0 Å². The van der Waals surface area contributed by atoms with Gasteiger partial charge in [0.15, 0.2) is 0 Å². The summed E-state index contributed by atoms with van der Waals surface area (Å²) in [6.07, 6.45) is 0. The van der Waals surface area contributed by atoms with Gasteiger partial charge in [-0.1, -0.05) is 57.7 Å². The topological polar surface area (TPSA) is 30.5 Å². The Morgan fingerprint density at radius 2 is 1.64 bits per heavy atom. The van der Waals surface area contributed by atoms with E-state index in [9.17, 15) is 0 Å². The van der Waals surface area contributed by atoms with Crippen LogP contribution in [-0.4, -0.2) is 12.7 Å². The molecule has 3 nitrogen and oxygen atoms in total. The van der Waals surface area contributed by atoms with Gasteiger partial charge in [-0.15, -0.1) is 0 Å². The van der Waals surface area contributed by atoms with Gasteiger partial charge in [-0.3, -0.25) is 0 Å². The van der Waals surface area contributed by atoms with Crippen LogP contribution in [0, 0.1) is 0 Å². The van der Waals surface area contributed by atoms with E-state index in [1.54, 1.807) is 0 Å². The molecule has 1 aliphatic rings. The molecule has 2 aromatic carbocycles. The summed E-state index contributed by atoms with van der Waals surface area (Å²) in [4.78, 5) is 0. The molecular weight excluding hydrogens is 309 g/mol. The standard InChI is InChI=1S/C21H26BNO2/c1-15-21(5,6)25-22(24-15)18-9-7-8-10-19(18)23-17-13-11-16(12-14-17)20(2,3)4/h7-14,23H,1H2,2-6H3. The Kier molecular flexibility index (Phi) is 4.42. The number of para-hydroxylation sites is 1. The maximum Gasteiger partial charge on any atom is 0.565 e. The number of nitrogens with one attached hydrogen (secondary N) is 1. The second kappa shape index (κ2) is 6.27. The van der Waals surface area contributed by atoms with Gasteiger partial charge in [0.25, 0.3) is 0 Å². The van der Waals surface area contributed by atoms with Crippen LogP contribution in [0.4, 0.5) is 11.4 Å². The number of rotatable bonds is 3. The Morgan fingerprint density at radius 1 is 1.00 bits per heavy atom. The summed E-state index contributed by atoms with van der Waals surface area (Å²) in [6, 6.07) is 16.6. The Bertz CT molecular complexity index is 775. The average Bonchev–Trinajstić information content (AvgIpc) is 2.81. The van der Waals surface area contributed by atoms with Crippen LogP contribution in [-0.2, 0) is 14.7 Å². The maximum atomic E-state index is 6.03. The fourth-order valence-electron chi connectivity index (χ4n) is 2.78. The molecule has 1 saturated heterocycles. The van der Waals surface area contributed by atoms with Crippen LogP contribution in [0.3, 0.4) is 0 Å². The monoisotopic (exact) mass is 335 g/mol. The van der Waals surface area contributed by atoms with Crippen molar-refractivity contribution in [3.8, 4) is 0 Å². The molecule has 0 aliphatic carbocycles. The zero-order chi connectivity index (χ0) is 18.2. The lowest BCUT2D eigenvalue weighted by Gasteiger charge is -2.20. The molecule has 25 heavy (non-hydrogen) atoms. The smallest absolute Gasteiger partial charge is 0.534 e. The van der Waals surface area contributed by atoms with Crippen molar-refractivity contribution in [2.24, 2.45) is 0 Å². The number of benzene rings is 2. The predicted molar refractivity (Wildman–Crippen MR) is 106 cm³/mol. The van der Waals surface area contributed by atoms with Crippen molar-refractivity contribution < 1.29 is 9.31 Å². The van der Waals surface area contributed by atoms with Crippen molar-refractivity contribution in [3.63, 3.8) is 0 Å². The van der Waals surface area contributed by atoms with Crippen LogP contribution in [0.25, 0.3) is 0 Å². The average molecular weight is 335 g/mol. The molecule has 2 aromatic rings. The largest absolute Gasteiger partial charge is 0.565 e. The van der Waals surface area contributed by atoms with E-state index < -0.39 is 12.7 Å². The van der Waals surface area contributed by atoms with Gasteiger partial charge in [-0.05, 0) is 43.0 Å². The summed E-state index contributed by atoms with van der Waals surface area (Å²) in [7, 11) is -0.444. The van der Waals surface area contributed by atoms with E-state index in [-0.39, 0.29) is 5.41 Å². The van der Waals surface area contributed by atoms with Gasteiger partial charge in [-0.25, -0.2) is 0 Å². The molecule has 0 saturated carbocycles. The summed E-state index contributed by atoms with van der Waals surface area (Å²) in [5, 5.41) is 3.48. The molecule has 130 valence electrons. The predicted octanol–water partition coefficient (Wildman–Crippen LogP) is 4.76. The Morgan fingerprint density at radius 3 is 2.20 bits per heavy atom. The molecule has 0 amide bonds. The van der Waals surface area contributed by atoms with Crippen molar-refractivity contribution in [1.82, 2.24) is 0 Å². The van der Waals surface area contributed by atoms with E-state index in [0.717, 1.165) is 16.8 Å². The molecule has 0 radical (unpaired) electrons. The molecule has 1 aliphatic heterocycles. The molecule has 1 N–H and O–H groups in total. The Labute approximate surface area is 151 Å². The minimum Gasteiger partial charge on any atom is -0.534 e. The van der Waals surface area contributed by atoms with E-state index in [2.05, 4.69) is 56.9 Å². The summed E-state index contributed by atoms with van der Waals surface area (Å²) in [6.45, 7) is 14.5. The van der Waals surface area contributed by atoms with Crippen LogP contribution in [0.2, 0.25) is 0 Å². The van der Waals surface area contributed by atoms with E-state index in [0.29, 0.717) is 5.76 Å². The number of hydrogen-bond donors (Lipinski definition) is 1. The SMILES string of the molecule is C=C1OB(c2ccccc2Nc2ccc(C(C)(C)C)cc2)OC1(C)C. The third kappa shape index (κ3) is 3.74. The molecule has 0 aromatic heterocycles. The van der Waals surface area contributed by atoms with Gasteiger partial charge in [0.1, 0.15) is 5.60 Å². The van der Waals surface area contributed by atoms with E-state index >= 15 is 0 Å². The quantitative estimate of drug-likeness (QED) is 0.820. The van der Waals surface area contributed by atoms with Crippen LogP contribution in [0.15, 0.2) is 60.9 Å². The highest BCUT2D eigenvalue weighted by Gasteiger charge is 2.43. The van der Waals surface area contributed by atoms with Crippen molar-refractivity contribution in [2.45, 2.75) is 45.6 Å². The molecule has 0 unspecified atom stereocenters. The lowest BCUT2D eigenvalue weighted by atomic mass is 9.78. The third-order valence-electron chi connectivity index (χ3n) is 4.57. The van der Waals surface area contributed by atoms with Gasteiger partial charge in [0.05, 0.1) is 5.76 Å². The fourth-order valence-corrected chi connectivity index (χ4v) is 2.78. The highest BCUT2D eigenvalue weighted by Crippen LogP contribution is 2.30. The maximum absolute atomic E-state index is 6.03. The fraction of sp³-hybridized carbons (Fsp3) is 0.333. The molecule has 1 heterocycles. The second-order valence-electron chi connectivity index (χ2n) is 8.04. The number of hydrogen-bond acceptors (Lipinski definition) is 3. The van der Waals surface area contributed by atoms with Crippen molar-refractivity contribution in [3.05, 3.63) is 66.4 Å². The van der Waals surface area contributed by atoms with E-state index in [4.69, 9.17) is 9.31 Å². The molecule has 3 rings (SSSR count). The van der Waals surface area contributed by atoms with Gasteiger partial charge < -0.3 is 14.6 Å².